The van der Waals surface area contributed by atoms with E-state index in [4.69, 9.17) is 21.1 Å². The fourth-order valence-electron chi connectivity index (χ4n) is 3.12. The molecule has 0 aliphatic rings. The van der Waals surface area contributed by atoms with E-state index in [0.717, 1.165) is 11.3 Å². The lowest BCUT2D eigenvalue weighted by molar-refractivity contribution is -0.142. The van der Waals surface area contributed by atoms with E-state index in [9.17, 15) is 9.59 Å². The SMILES string of the molecule is COc1ccc(CN(C(=O)COc2ccccc2Cl)[C@@H](C)C(=O)NCc2ccccn2)cc1. The predicted molar refractivity (Wildman–Crippen MR) is 126 cm³/mol. The molecule has 2 aromatic carbocycles. The number of halogens is 1. The van der Waals surface area contributed by atoms with Gasteiger partial charge in [-0.15, -0.1) is 0 Å². The number of nitrogens with zero attached hydrogens (tertiary/aromatic N) is 2. The summed E-state index contributed by atoms with van der Waals surface area (Å²) < 4.78 is 10.8. The van der Waals surface area contributed by atoms with Crippen LogP contribution in [0, 0.1) is 0 Å². The van der Waals surface area contributed by atoms with Crippen LogP contribution in [-0.2, 0) is 22.7 Å². The van der Waals surface area contributed by atoms with Gasteiger partial charge in [0.1, 0.15) is 17.5 Å². The molecule has 0 bridgehead atoms. The first-order chi connectivity index (χ1) is 16.0. The van der Waals surface area contributed by atoms with Crippen LogP contribution in [-0.4, -0.2) is 41.5 Å². The molecule has 172 valence electrons. The summed E-state index contributed by atoms with van der Waals surface area (Å²) in [7, 11) is 1.59. The number of hydrogen-bond donors (Lipinski definition) is 1. The second-order valence-electron chi connectivity index (χ2n) is 7.30. The third-order valence-electron chi connectivity index (χ3n) is 5.04. The van der Waals surface area contributed by atoms with Crippen LogP contribution in [0.4, 0.5) is 0 Å². The zero-order valence-electron chi connectivity index (χ0n) is 18.5. The van der Waals surface area contributed by atoms with Crippen molar-refractivity contribution in [3.05, 3.63) is 89.2 Å². The Labute approximate surface area is 198 Å². The van der Waals surface area contributed by atoms with Crippen LogP contribution < -0.4 is 14.8 Å². The molecule has 1 heterocycles. The summed E-state index contributed by atoms with van der Waals surface area (Å²) in [4.78, 5) is 31.7. The predicted octanol–water partition coefficient (Wildman–Crippen LogP) is 3.86. The highest BCUT2D eigenvalue weighted by Crippen LogP contribution is 2.23. The van der Waals surface area contributed by atoms with E-state index in [2.05, 4.69) is 10.3 Å². The molecule has 7 nitrogen and oxygen atoms in total. The number of para-hydroxylation sites is 1. The van der Waals surface area contributed by atoms with Crippen molar-refractivity contribution in [3.8, 4) is 11.5 Å². The van der Waals surface area contributed by atoms with Crippen molar-refractivity contribution in [3.63, 3.8) is 0 Å². The number of hydrogen-bond acceptors (Lipinski definition) is 5. The van der Waals surface area contributed by atoms with Gasteiger partial charge in [-0.25, -0.2) is 0 Å². The van der Waals surface area contributed by atoms with E-state index in [1.54, 1.807) is 44.5 Å². The highest BCUT2D eigenvalue weighted by molar-refractivity contribution is 6.32. The Balaban J connectivity index is 1.71. The van der Waals surface area contributed by atoms with Gasteiger partial charge in [-0.1, -0.05) is 41.9 Å². The van der Waals surface area contributed by atoms with Crippen LogP contribution in [0.3, 0.4) is 0 Å². The van der Waals surface area contributed by atoms with E-state index >= 15 is 0 Å². The van der Waals surface area contributed by atoms with Crippen molar-refractivity contribution in [2.75, 3.05) is 13.7 Å². The molecule has 2 amide bonds. The lowest BCUT2D eigenvalue weighted by Gasteiger charge is -2.29. The summed E-state index contributed by atoms with van der Waals surface area (Å²) in [5.74, 6) is 0.482. The number of methoxy groups -OCH3 is 1. The Hall–Kier alpha value is -3.58. The number of aromatic nitrogens is 1. The van der Waals surface area contributed by atoms with E-state index in [-0.39, 0.29) is 31.5 Å². The third kappa shape index (κ3) is 6.95. The Morgan fingerprint density at radius 1 is 1.06 bits per heavy atom. The molecule has 0 saturated carbocycles. The normalized spacial score (nSPS) is 11.4. The summed E-state index contributed by atoms with van der Waals surface area (Å²) in [6.07, 6.45) is 1.66. The van der Waals surface area contributed by atoms with Crippen molar-refractivity contribution >= 4 is 23.4 Å². The number of benzene rings is 2. The van der Waals surface area contributed by atoms with Gasteiger partial charge in [0.05, 0.1) is 24.4 Å². The largest absolute Gasteiger partial charge is 0.497 e. The van der Waals surface area contributed by atoms with Gasteiger partial charge in [0.15, 0.2) is 6.61 Å². The minimum atomic E-state index is -0.738. The number of carbonyl (C=O) groups excluding carboxylic acids is 2. The number of carbonyl (C=O) groups is 2. The quantitative estimate of drug-likeness (QED) is 0.489. The van der Waals surface area contributed by atoms with Gasteiger partial charge >= 0.3 is 0 Å². The molecule has 1 aromatic heterocycles. The molecule has 3 aromatic rings. The highest BCUT2D eigenvalue weighted by Gasteiger charge is 2.26. The third-order valence-corrected chi connectivity index (χ3v) is 5.35. The van der Waals surface area contributed by atoms with E-state index in [1.807, 2.05) is 42.5 Å². The smallest absolute Gasteiger partial charge is 0.261 e. The average molecular weight is 468 g/mol. The zero-order chi connectivity index (χ0) is 23.6. The van der Waals surface area contributed by atoms with Crippen LogP contribution in [0.1, 0.15) is 18.2 Å². The van der Waals surface area contributed by atoms with Crippen molar-refractivity contribution in [1.82, 2.24) is 15.2 Å². The van der Waals surface area contributed by atoms with Gasteiger partial charge < -0.3 is 19.7 Å². The molecule has 0 aliphatic carbocycles. The van der Waals surface area contributed by atoms with Gasteiger partial charge in [-0.05, 0) is 48.9 Å². The molecule has 0 aliphatic heterocycles. The molecule has 0 saturated heterocycles. The summed E-state index contributed by atoms with van der Waals surface area (Å²) >= 11 is 6.13. The van der Waals surface area contributed by atoms with Crippen LogP contribution in [0.25, 0.3) is 0 Å². The molecule has 33 heavy (non-hydrogen) atoms. The van der Waals surface area contributed by atoms with Crippen LogP contribution in [0.5, 0.6) is 11.5 Å². The zero-order valence-corrected chi connectivity index (χ0v) is 19.3. The Kier molecular flexibility index (Phi) is 8.66. The second-order valence-corrected chi connectivity index (χ2v) is 7.71. The molecule has 8 heteroatoms. The lowest BCUT2D eigenvalue weighted by Crippen LogP contribution is -2.48. The van der Waals surface area contributed by atoms with Crippen molar-refractivity contribution in [2.45, 2.75) is 26.1 Å². The minimum Gasteiger partial charge on any atom is -0.497 e. The van der Waals surface area contributed by atoms with Gasteiger partial charge in [0.25, 0.3) is 5.91 Å². The molecular formula is C25H26ClN3O4. The number of ether oxygens (including phenoxy) is 2. The molecule has 1 atom stereocenters. The fourth-order valence-corrected chi connectivity index (χ4v) is 3.31. The van der Waals surface area contributed by atoms with Crippen molar-refractivity contribution in [1.29, 1.82) is 0 Å². The monoisotopic (exact) mass is 467 g/mol. The number of pyridine rings is 1. The Bertz CT molecular complexity index is 1060. The van der Waals surface area contributed by atoms with Gasteiger partial charge in [0, 0.05) is 12.7 Å². The first-order valence-electron chi connectivity index (χ1n) is 10.4. The topological polar surface area (TPSA) is 80.8 Å². The van der Waals surface area contributed by atoms with E-state index in [1.165, 1.54) is 4.90 Å². The average Bonchev–Trinajstić information content (AvgIpc) is 2.85. The van der Waals surface area contributed by atoms with Crippen molar-refractivity contribution < 1.29 is 19.1 Å². The second kappa shape index (κ2) is 11.9. The van der Waals surface area contributed by atoms with E-state index in [0.29, 0.717) is 16.5 Å². The number of rotatable bonds is 10. The fraction of sp³-hybridized carbons (Fsp3) is 0.240. The first kappa shape index (κ1) is 24.1. The summed E-state index contributed by atoms with van der Waals surface area (Å²) in [6.45, 7) is 1.93. The summed E-state index contributed by atoms with van der Waals surface area (Å²) in [5.41, 5.74) is 1.58. The molecule has 0 radical (unpaired) electrons. The molecule has 0 spiro atoms. The molecule has 0 unspecified atom stereocenters. The molecular weight excluding hydrogens is 442 g/mol. The summed E-state index contributed by atoms with van der Waals surface area (Å²) in [5, 5.41) is 3.25. The van der Waals surface area contributed by atoms with Gasteiger partial charge in [-0.3, -0.25) is 14.6 Å². The molecule has 0 fully saturated rings. The standard InChI is InChI=1S/C25H26ClN3O4/c1-18(25(31)28-15-20-7-5-6-14-27-20)29(16-19-10-12-21(32-2)13-11-19)24(30)17-33-23-9-4-3-8-22(23)26/h3-14,18H,15-17H2,1-2H3,(H,28,31)/t18-/m0/s1. The lowest BCUT2D eigenvalue weighted by atomic mass is 10.1. The maximum absolute atomic E-state index is 13.1. The van der Waals surface area contributed by atoms with Crippen LogP contribution in [0.15, 0.2) is 72.9 Å². The van der Waals surface area contributed by atoms with Crippen LogP contribution >= 0.6 is 11.6 Å². The Morgan fingerprint density at radius 3 is 2.45 bits per heavy atom. The first-order valence-corrected chi connectivity index (χ1v) is 10.8. The maximum atomic E-state index is 13.1. The summed E-state index contributed by atoms with van der Waals surface area (Å²) in [6, 6.07) is 19.0. The molecule has 3 rings (SSSR count). The highest BCUT2D eigenvalue weighted by atomic mass is 35.5. The van der Waals surface area contributed by atoms with Crippen LogP contribution in [0.2, 0.25) is 5.02 Å². The minimum absolute atomic E-state index is 0.229. The Morgan fingerprint density at radius 2 is 1.79 bits per heavy atom. The maximum Gasteiger partial charge on any atom is 0.261 e. The number of amides is 2. The van der Waals surface area contributed by atoms with E-state index < -0.39 is 6.04 Å². The molecule has 1 N–H and O–H groups in total. The number of nitrogens with one attached hydrogen (secondary N) is 1. The van der Waals surface area contributed by atoms with Gasteiger partial charge in [-0.2, -0.15) is 0 Å². The van der Waals surface area contributed by atoms with Crippen molar-refractivity contribution in [2.24, 2.45) is 0 Å². The van der Waals surface area contributed by atoms with Gasteiger partial charge in [0.2, 0.25) is 5.91 Å².